The van der Waals surface area contributed by atoms with E-state index in [0.717, 1.165) is 31.4 Å². The molecule has 32 heavy (non-hydrogen) atoms. The highest BCUT2D eigenvalue weighted by Crippen LogP contribution is 2.53. The van der Waals surface area contributed by atoms with Crippen molar-refractivity contribution in [3.8, 4) is 0 Å². The number of hydrogen-bond donors (Lipinski definition) is 0. The molecule has 1 heterocycles. The van der Waals surface area contributed by atoms with E-state index in [0.29, 0.717) is 24.6 Å². The Morgan fingerprint density at radius 3 is 2.38 bits per heavy atom. The molecule has 0 N–H and O–H groups in total. The van der Waals surface area contributed by atoms with Gasteiger partial charge in [0, 0.05) is 6.42 Å². The number of nitrogens with zero attached hydrogens (tertiary/aromatic N) is 1. The van der Waals surface area contributed by atoms with Crippen molar-refractivity contribution >= 4 is 17.5 Å². The van der Waals surface area contributed by atoms with Gasteiger partial charge in [0.15, 0.2) is 0 Å². The van der Waals surface area contributed by atoms with E-state index >= 15 is 0 Å². The molecule has 0 aromatic heterocycles. The highest BCUT2D eigenvalue weighted by molar-refractivity contribution is 6.22. The van der Waals surface area contributed by atoms with Crippen LogP contribution in [-0.4, -0.2) is 18.4 Å². The Labute approximate surface area is 190 Å². The van der Waals surface area contributed by atoms with Gasteiger partial charge in [0.25, 0.3) is 0 Å². The van der Waals surface area contributed by atoms with Crippen molar-refractivity contribution in [2.24, 2.45) is 17.8 Å². The Morgan fingerprint density at radius 2 is 1.69 bits per heavy atom. The van der Waals surface area contributed by atoms with Crippen LogP contribution in [-0.2, 0) is 20.7 Å². The third-order valence-corrected chi connectivity index (χ3v) is 7.61. The predicted octanol–water partition coefficient (Wildman–Crippen LogP) is 5.63. The Balaban J connectivity index is 1.49. The smallest absolute Gasteiger partial charge is 0.238 e. The number of carbonyl (C=O) groups is 2. The van der Waals surface area contributed by atoms with Crippen LogP contribution in [0.4, 0.5) is 5.69 Å². The van der Waals surface area contributed by atoms with Crippen molar-refractivity contribution in [1.82, 2.24) is 0 Å². The molecular weight excluding hydrogens is 398 g/mol. The van der Waals surface area contributed by atoms with E-state index in [-0.39, 0.29) is 29.6 Å². The molecule has 2 aromatic carbocycles. The van der Waals surface area contributed by atoms with Crippen LogP contribution in [0.15, 0.2) is 65.9 Å². The zero-order valence-electron chi connectivity index (χ0n) is 18.9. The number of amides is 2. The van der Waals surface area contributed by atoms with Crippen molar-refractivity contribution in [2.75, 3.05) is 11.5 Å². The summed E-state index contributed by atoms with van der Waals surface area (Å²) in [5.74, 6) is 0.742. The number of ether oxygens (including phenoxy) is 1. The second-order valence-electron chi connectivity index (χ2n) is 9.24. The van der Waals surface area contributed by atoms with Crippen LogP contribution in [0.25, 0.3) is 0 Å². The predicted molar refractivity (Wildman–Crippen MR) is 125 cm³/mol. The summed E-state index contributed by atoms with van der Waals surface area (Å²) in [7, 11) is 0. The lowest BCUT2D eigenvalue weighted by Gasteiger charge is -2.40. The fourth-order valence-corrected chi connectivity index (χ4v) is 6.02. The summed E-state index contributed by atoms with van der Waals surface area (Å²) in [6.07, 6.45) is 4.49. The van der Waals surface area contributed by atoms with Crippen LogP contribution < -0.4 is 4.90 Å². The number of rotatable bonds is 5. The first-order valence-electron chi connectivity index (χ1n) is 12.0. The van der Waals surface area contributed by atoms with Crippen molar-refractivity contribution in [3.05, 3.63) is 77.1 Å². The molecule has 4 heteroatoms. The van der Waals surface area contributed by atoms with Crippen molar-refractivity contribution < 1.29 is 14.3 Å². The van der Waals surface area contributed by atoms with E-state index in [2.05, 4.69) is 31.2 Å². The molecule has 0 unspecified atom stereocenters. The first kappa shape index (κ1) is 21.0. The average molecular weight is 430 g/mol. The Morgan fingerprint density at radius 1 is 0.938 bits per heavy atom. The van der Waals surface area contributed by atoms with E-state index in [9.17, 15) is 9.59 Å². The third-order valence-electron chi connectivity index (χ3n) is 7.61. The van der Waals surface area contributed by atoms with E-state index in [4.69, 9.17) is 4.74 Å². The number of hydrogen-bond acceptors (Lipinski definition) is 3. The fourth-order valence-electron chi connectivity index (χ4n) is 6.02. The quantitative estimate of drug-likeness (QED) is 0.579. The van der Waals surface area contributed by atoms with Crippen molar-refractivity contribution in [3.63, 3.8) is 0 Å². The summed E-state index contributed by atoms with van der Waals surface area (Å²) >= 11 is 0. The zero-order valence-corrected chi connectivity index (χ0v) is 18.9. The van der Waals surface area contributed by atoms with Crippen LogP contribution in [0, 0.1) is 17.8 Å². The first-order valence-corrected chi connectivity index (χ1v) is 12.0. The number of benzene rings is 2. The first-order chi connectivity index (χ1) is 15.6. The zero-order chi connectivity index (χ0) is 22.2. The molecule has 0 spiro atoms. The number of imide groups is 1. The van der Waals surface area contributed by atoms with Crippen LogP contribution in [0.3, 0.4) is 0 Å². The van der Waals surface area contributed by atoms with Crippen molar-refractivity contribution in [1.29, 1.82) is 0 Å². The number of fused-ring (bicyclic) bond motifs is 3. The van der Waals surface area contributed by atoms with E-state index in [1.54, 1.807) is 0 Å². The molecule has 3 aliphatic rings. The number of carbonyl (C=O) groups excluding carboxylic acids is 2. The molecule has 166 valence electrons. The van der Waals surface area contributed by atoms with E-state index < -0.39 is 0 Å². The highest BCUT2D eigenvalue weighted by Gasteiger charge is 2.56. The molecule has 2 amide bonds. The van der Waals surface area contributed by atoms with E-state index in [1.807, 2.05) is 37.3 Å². The van der Waals surface area contributed by atoms with Crippen LogP contribution >= 0.6 is 0 Å². The molecule has 2 fully saturated rings. The number of allylic oxidation sites excluding steroid dienone is 2. The highest BCUT2D eigenvalue weighted by atomic mass is 16.5. The lowest BCUT2D eigenvalue weighted by atomic mass is 9.63. The number of para-hydroxylation sites is 1. The van der Waals surface area contributed by atoms with Gasteiger partial charge in [-0.15, -0.1) is 0 Å². The minimum atomic E-state index is -0.320. The van der Waals surface area contributed by atoms with Crippen LogP contribution in [0.1, 0.15) is 56.6 Å². The topological polar surface area (TPSA) is 46.6 Å². The van der Waals surface area contributed by atoms with Crippen LogP contribution in [0.2, 0.25) is 0 Å². The standard InChI is InChI=1S/C28H31NO3/c1-3-18-10-12-19(13-11-18)20-14-15-22-23(16-20)26-24(17-25(22)32-4-2)27(30)29(28(26)31)21-8-6-5-7-9-21/h5-13,20,23-24,26H,3-4,14-17H2,1-2H3/t20-,23-,24+,26-/m1/s1. The maximum Gasteiger partial charge on any atom is 0.238 e. The average Bonchev–Trinajstić information content (AvgIpc) is 3.09. The molecule has 4 atom stereocenters. The van der Waals surface area contributed by atoms with Gasteiger partial charge in [-0.1, -0.05) is 49.4 Å². The van der Waals surface area contributed by atoms with Gasteiger partial charge in [-0.25, -0.2) is 0 Å². The second kappa shape index (κ2) is 8.57. The lowest BCUT2D eigenvalue weighted by Crippen LogP contribution is -2.37. The minimum absolute atomic E-state index is 0.0359. The van der Waals surface area contributed by atoms with Gasteiger partial charge >= 0.3 is 0 Å². The van der Waals surface area contributed by atoms with Gasteiger partial charge in [-0.2, -0.15) is 0 Å². The minimum Gasteiger partial charge on any atom is -0.498 e. The molecular formula is C28H31NO3. The molecule has 5 rings (SSSR count). The van der Waals surface area contributed by atoms with E-state index in [1.165, 1.54) is 21.6 Å². The summed E-state index contributed by atoms with van der Waals surface area (Å²) in [5.41, 5.74) is 4.65. The van der Waals surface area contributed by atoms with Gasteiger partial charge in [0.05, 0.1) is 29.9 Å². The van der Waals surface area contributed by atoms with Crippen LogP contribution in [0.5, 0.6) is 0 Å². The monoisotopic (exact) mass is 429 g/mol. The lowest BCUT2D eigenvalue weighted by molar-refractivity contribution is -0.123. The molecule has 0 bridgehead atoms. The summed E-state index contributed by atoms with van der Waals surface area (Å²) in [6, 6.07) is 18.3. The normalized spacial score (nSPS) is 27.4. The molecule has 1 saturated carbocycles. The third kappa shape index (κ3) is 3.46. The SMILES string of the molecule is CCOC1=C2CC[C@@H](c3ccc(CC)cc3)C[C@H]2[C@H]2C(=O)N(c3ccccc3)C(=O)[C@H]2C1. The summed E-state index contributed by atoms with van der Waals surface area (Å²) < 4.78 is 6.05. The van der Waals surface area contributed by atoms with Crippen molar-refractivity contribution in [2.45, 2.75) is 51.9 Å². The number of aryl methyl sites for hydroxylation is 1. The second-order valence-corrected chi connectivity index (χ2v) is 9.24. The Bertz CT molecular complexity index is 1040. The summed E-state index contributed by atoms with van der Waals surface area (Å²) in [4.78, 5) is 28.5. The molecule has 2 aliphatic carbocycles. The van der Waals surface area contributed by atoms with Gasteiger partial charge in [-0.3, -0.25) is 14.5 Å². The van der Waals surface area contributed by atoms with Gasteiger partial charge in [0.2, 0.25) is 11.8 Å². The molecule has 4 nitrogen and oxygen atoms in total. The molecule has 0 radical (unpaired) electrons. The molecule has 2 aromatic rings. The van der Waals surface area contributed by atoms with Gasteiger partial charge in [0.1, 0.15) is 0 Å². The molecule has 1 saturated heterocycles. The fraction of sp³-hybridized carbons (Fsp3) is 0.429. The number of anilines is 1. The maximum atomic E-state index is 13.6. The molecule has 1 aliphatic heterocycles. The largest absolute Gasteiger partial charge is 0.498 e. The maximum absolute atomic E-state index is 13.6. The van der Waals surface area contributed by atoms with Gasteiger partial charge in [-0.05, 0) is 73.3 Å². The Hall–Kier alpha value is -2.88. The Kier molecular flexibility index (Phi) is 5.62. The van der Waals surface area contributed by atoms with Gasteiger partial charge < -0.3 is 4.74 Å². The summed E-state index contributed by atoms with van der Waals surface area (Å²) in [6.45, 7) is 4.76. The summed E-state index contributed by atoms with van der Waals surface area (Å²) in [5, 5.41) is 0.